The van der Waals surface area contributed by atoms with Gasteiger partial charge in [-0.2, -0.15) is 0 Å². The molecule has 0 bridgehead atoms. The van der Waals surface area contributed by atoms with Crippen LogP contribution in [0.25, 0.3) is 11.0 Å². The molecule has 10 heteroatoms. The monoisotopic (exact) mass is 558 g/mol. The first kappa shape index (κ1) is 28.4. The molecule has 3 aromatic carbocycles. The molecule has 1 saturated heterocycles. The number of fused-ring (bicyclic) bond motifs is 1. The number of hydrogen-bond donors (Lipinski definition) is 4. The van der Waals surface area contributed by atoms with Gasteiger partial charge >= 0.3 is 0 Å². The lowest BCUT2D eigenvalue weighted by Crippen LogP contribution is -2.32. The van der Waals surface area contributed by atoms with Gasteiger partial charge in [0.1, 0.15) is 0 Å². The molecule has 214 valence electrons. The number of hydroxylamine groups is 1. The molecule has 0 unspecified atom stereocenters. The van der Waals surface area contributed by atoms with Crippen LogP contribution >= 0.6 is 0 Å². The molecular formula is C31H34N4O6. The standard InChI is InChI=1S/C31H34N4O6/c36-19-22-10-12-23(13-11-22)28-16-25(18-35-20-33-26-4-1-2-5-27(26)35)40-31(41-28)24-14-8-21(9-15-24)17-32-29(37)6-3-7-30(38)34-39/h1-2,4-5,8-15,20,25,28,31,36,39H,3,6-7,16-19H2,(H,32,37)(H,34,38)/t25-,28+,31+/m1/s1. The number of aromatic nitrogens is 2. The average Bonchev–Trinajstić information content (AvgIpc) is 3.42. The van der Waals surface area contributed by atoms with Gasteiger partial charge < -0.3 is 24.5 Å². The van der Waals surface area contributed by atoms with Gasteiger partial charge in [0.05, 0.1) is 42.7 Å². The van der Waals surface area contributed by atoms with Crippen molar-refractivity contribution in [3.05, 3.63) is 101 Å². The molecule has 10 nitrogen and oxygen atoms in total. The second kappa shape index (κ2) is 13.5. The van der Waals surface area contributed by atoms with Crippen LogP contribution in [0.1, 0.15) is 60.3 Å². The maximum absolute atomic E-state index is 12.1. The topological polar surface area (TPSA) is 135 Å². The van der Waals surface area contributed by atoms with Crippen molar-refractivity contribution in [2.75, 3.05) is 0 Å². The molecule has 2 heterocycles. The number of nitrogens with zero attached hydrogens (tertiary/aromatic N) is 2. The fourth-order valence-corrected chi connectivity index (χ4v) is 4.96. The quantitative estimate of drug-likeness (QED) is 0.161. The van der Waals surface area contributed by atoms with E-state index in [2.05, 4.69) is 14.9 Å². The van der Waals surface area contributed by atoms with E-state index in [0.717, 1.165) is 33.3 Å². The van der Waals surface area contributed by atoms with Gasteiger partial charge in [-0.25, -0.2) is 10.5 Å². The van der Waals surface area contributed by atoms with Gasteiger partial charge in [0, 0.05) is 31.4 Å². The number of aliphatic hydroxyl groups is 1. The first-order valence-electron chi connectivity index (χ1n) is 13.7. The minimum atomic E-state index is -0.590. The third-order valence-corrected chi connectivity index (χ3v) is 7.22. The summed E-state index contributed by atoms with van der Waals surface area (Å²) >= 11 is 0. The molecule has 0 spiro atoms. The largest absolute Gasteiger partial charge is 0.392 e. The van der Waals surface area contributed by atoms with Gasteiger partial charge in [-0.3, -0.25) is 14.8 Å². The molecule has 0 radical (unpaired) electrons. The number of amides is 2. The van der Waals surface area contributed by atoms with E-state index < -0.39 is 12.2 Å². The van der Waals surface area contributed by atoms with Crippen molar-refractivity contribution in [3.8, 4) is 0 Å². The zero-order valence-electron chi connectivity index (χ0n) is 22.6. The van der Waals surface area contributed by atoms with Crippen molar-refractivity contribution < 1.29 is 29.4 Å². The first-order chi connectivity index (χ1) is 20.0. The predicted molar refractivity (Wildman–Crippen MR) is 150 cm³/mol. The van der Waals surface area contributed by atoms with Gasteiger partial charge in [0.2, 0.25) is 11.8 Å². The van der Waals surface area contributed by atoms with Gasteiger partial charge in [0.25, 0.3) is 0 Å². The van der Waals surface area contributed by atoms with Gasteiger partial charge in [-0.05, 0) is 35.2 Å². The third kappa shape index (κ3) is 7.36. The maximum Gasteiger partial charge on any atom is 0.243 e. The van der Waals surface area contributed by atoms with Crippen LogP contribution in [-0.2, 0) is 38.8 Å². The second-order valence-corrected chi connectivity index (χ2v) is 10.1. The van der Waals surface area contributed by atoms with Crippen LogP contribution in [0, 0.1) is 0 Å². The van der Waals surface area contributed by atoms with Crippen LogP contribution in [0.4, 0.5) is 0 Å². The Hall–Kier alpha value is -4.09. The molecular weight excluding hydrogens is 524 g/mol. The smallest absolute Gasteiger partial charge is 0.243 e. The number of para-hydroxylation sites is 2. The summed E-state index contributed by atoms with van der Waals surface area (Å²) in [4.78, 5) is 27.7. The molecule has 4 N–H and O–H groups in total. The van der Waals surface area contributed by atoms with E-state index in [-0.39, 0.29) is 37.6 Å². The summed E-state index contributed by atoms with van der Waals surface area (Å²) in [6, 6.07) is 23.6. The van der Waals surface area contributed by atoms with Crippen molar-refractivity contribution in [2.24, 2.45) is 0 Å². The lowest BCUT2D eigenvalue weighted by atomic mass is 9.99. The summed E-state index contributed by atoms with van der Waals surface area (Å²) in [6.07, 6.45) is 2.21. The fraction of sp³-hybridized carbons (Fsp3) is 0.323. The van der Waals surface area contributed by atoms with Crippen LogP contribution in [0.2, 0.25) is 0 Å². The SMILES string of the molecule is O=C(CCCC(=O)NCc1ccc([C@H]2O[C@@H](Cn3cnc4ccccc43)C[C@@H](c3ccc(CO)cc3)O2)cc1)NO. The minimum absolute atomic E-state index is 0.0124. The third-order valence-electron chi connectivity index (χ3n) is 7.22. The van der Waals surface area contributed by atoms with Crippen LogP contribution in [0.15, 0.2) is 79.1 Å². The van der Waals surface area contributed by atoms with Crippen LogP contribution in [-0.4, -0.2) is 37.8 Å². The Morgan fingerprint density at radius 1 is 0.902 bits per heavy atom. The zero-order valence-corrected chi connectivity index (χ0v) is 22.6. The van der Waals surface area contributed by atoms with Crippen LogP contribution in [0.3, 0.4) is 0 Å². The number of aliphatic hydroxyl groups excluding tert-OH is 1. The molecule has 0 aliphatic carbocycles. The number of rotatable bonds is 11. The van der Waals surface area contributed by atoms with Crippen molar-refractivity contribution in [3.63, 3.8) is 0 Å². The lowest BCUT2D eigenvalue weighted by molar-refractivity contribution is -0.252. The van der Waals surface area contributed by atoms with E-state index in [1.54, 1.807) is 5.48 Å². The number of ether oxygens (including phenoxy) is 2. The Morgan fingerprint density at radius 3 is 2.37 bits per heavy atom. The Morgan fingerprint density at radius 2 is 1.61 bits per heavy atom. The highest BCUT2D eigenvalue weighted by Crippen LogP contribution is 2.38. The summed E-state index contributed by atoms with van der Waals surface area (Å²) in [5, 5.41) is 20.8. The summed E-state index contributed by atoms with van der Waals surface area (Å²) in [5.74, 6) is -0.672. The molecule has 1 aromatic heterocycles. The number of carbonyl (C=O) groups excluding carboxylic acids is 2. The Balaban J connectivity index is 1.26. The Kier molecular flexibility index (Phi) is 9.37. The highest BCUT2D eigenvalue weighted by Gasteiger charge is 2.32. The van der Waals surface area contributed by atoms with Crippen molar-refractivity contribution >= 4 is 22.8 Å². The number of benzene rings is 3. The normalized spacial score (nSPS) is 18.7. The number of nitrogens with one attached hydrogen (secondary N) is 2. The zero-order chi connectivity index (χ0) is 28.6. The maximum atomic E-state index is 12.1. The molecule has 0 saturated carbocycles. The average molecular weight is 559 g/mol. The van der Waals surface area contributed by atoms with Crippen molar-refractivity contribution in [1.82, 2.24) is 20.3 Å². The number of carbonyl (C=O) groups is 2. The predicted octanol–water partition coefficient (Wildman–Crippen LogP) is 4.07. The summed E-state index contributed by atoms with van der Waals surface area (Å²) < 4.78 is 15.0. The summed E-state index contributed by atoms with van der Waals surface area (Å²) in [6.45, 7) is 0.963. The highest BCUT2D eigenvalue weighted by atomic mass is 16.7. The highest BCUT2D eigenvalue weighted by molar-refractivity contribution is 5.78. The first-order valence-corrected chi connectivity index (χ1v) is 13.7. The van der Waals surface area contributed by atoms with E-state index >= 15 is 0 Å². The van der Waals surface area contributed by atoms with Gasteiger partial charge in [-0.1, -0.05) is 60.7 Å². The minimum Gasteiger partial charge on any atom is -0.392 e. The van der Waals surface area contributed by atoms with Crippen molar-refractivity contribution in [1.29, 1.82) is 0 Å². The van der Waals surface area contributed by atoms with E-state index in [1.165, 1.54) is 0 Å². The second-order valence-electron chi connectivity index (χ2n) is 10.1. The number of hydrogen-bond acceptors (Lipinski definition) is 7. The Bertz CT molecular complexity index is 1450. The van der Waals surface area contributed by atoms with E-state index in [4.69, 9.17) is 14.7 Å². The Labute approximate surface area is 237 Å². The molecule has 3 atom stereocenters. The summed E-state index contributed by atoms with van der Waals surface area (Å²) in [5.41, 5.74) is 7.20. The fourth-order valence-electron chi connectivity index (χ4n) is 4.96. The van der Waals surface area contributed by atoms with Gasteiger partial charge in [-0.15, -0.1) is 0 Å². The molecule has 1 aliphatic rings. The summed E-state index contributed by atoms with van der Waals surface area (Å²) in [7, 11) is 0. The van der Waals surface area contributed by atoms with Crippen LogP contribution in [0.5, 0.6) is 0 Å². The van der Waals surface area contributed by atoms with Crippen molar-refractivity contribution in [2.45, 2.75) is 63.9 Å². The van der Waals surface area contributed by atoms with E-state index in [0.29, 0.717) is 25.9 Å². The van der Waals surface area contributed by atoms with Crippen LogP contribution < -0.4 is 10.8 Å². The molecule has 1 aliphatic heterocycles. The molecule has 2 amide bonds. The molecule has 5 rings (SSSR count). The van der Waals surface area contributed by atoms with Gasteiger partial charge in [0.15, 0.2) is 6.29 Å². The molecule has 1 fully saturated rings. The van der Waals surface area contributed by atoms with E-state index in [9.17, 15) is 14.7 Å². The lowest BCUT2D eigenvalue weighted by Gasteiger charge is -2.36. The molecule has 4 aromatic rings. The number of imidazole rings is 1. The van der Waals surface area contributed by atoms with E-state index in [1.807, 2.05) is 79.1 Å². The molecule has 41 heavy (non-hydrogen) atoms.